The number of benzene rings is 1. The van der Waals surface area contributed by atoms with Gasteiger partial charge in [0.25, 0.3) is 0 Å². The Hall–Kier alpha value is -1.49. The van der Waals surface area contributed by atoms with Gasteiger partial charge in [-0.25, -0.2) is 0 Å². The molecule has 43 heavy (non-hydrogen) atoms. The summed E-state index contributed by atoms with van der Waals surface area (Å²) in [6, 6.07) is 8.26. The van der Waals surface area contributed by atoms with Gasteiger partial charge in [-0.15, -0.1) is 11.8 Å². The van der Waals surface area contributed by atoms with Crippen molar-refractivity contribution in [2.75, 3.05) is 38.5 Å². The molecule has 3 aliphatic rings. The largest absolute Gasteiger partial charge is 0.461 e. The molecule has 0 amide bonds. The van der Waals surface area contributed by atoms with Gasteiger partial charge in [-0.2, -0.15) is 0 Å². The summed E-state index contributed by atoms with van der Waals surface area (Å²) in [4.78, 5) is 28.3. The summed E-state index contributed by atoms with van der Waals surface area (Å²) in [5.41, 5.74) is 11.2. The number of ketones is 1. The van der Waals surface area contributed by atoms with Crippen LogP contribution in [-0.4, -0.2) is 67.5 Å². The number of nitrogens with two attached hydrogens (primary N) is 2. The predicted molar refractivity (Wildman–Crippen MR) is 174 cm³/mol. The van der Waals surface area contributed by atoms with Crippen LogP contribution in [0.15, 0.2) is 29.2 Å². The summed E-state index contributed by atoms with van der Waals surface area (Å²) in [6.07, 6.45) is 4.49. The Kier molecular flexibility index (Phi) is 11.8. The zero-order valence-electron chi connectivity index (χ0n) is 26.8. The summed E-state index contributed by atoms with van der Waals surface area (Å²) in [6.45, 7) is 13.1. The number of aliphatic hydroxyl groups excluding tert-OH is 1. The molecule has 1 aromatic rings. The maximum atomic E-state index is 13.7. The van der Waals surface area contributed by atoms with Gasteiger partial charge in [-0.1, -0.05) is 39.8 Å². The van der Waals surface area contributed by atoms with E-state index in [9.17, 15) is 14.7 Å². The smallest absolute Gasteiger partial charge is 0.316 e. The average molecular weight is 617 g/mol. The minimum atomic E-state index is -0.622. The quantitative estimate of drug-likeness (QED) is 0.120. The molecule has 1 unspecified atom stereocenters. The van der Waals surface area contributed by atoms with E-state index < -0.39 is 23.0 Å². The monoisotopic (exact) mass is 616 g/mol. The second-order valence-corrected chi connectivity index (χ2v) is 15.1. The van der Waals surface area contributed by atoms with Gasteiger partial charge >= 0.3 is 5.97 Å². The van der Waals surface area contributed by atoms with Crippen molar-refractivity contribution in [2.24, 2.45) is 45.5 Å². The van der Waals surface area contributed by atoms with Crippen LogP contribution in [0.5, 0.6) is 0 Å². The highest BCUT2D eigenvalue weighted by Gasteiger charge is 2.68. The van der Waals surface area contributed by atoms with Crippen LogP contribution in [0.3, 0.4) is 0 Å². The molecule has 3 aliphatic carbocycles. The maximum absolute atomic E-state index is 13.7. The molecule has 4 rings (SSSR count). The molecule has 242 valence electrons. The third kappa shape index (κ3) is 7.17. The maximum Gasteiger partial charge on any atom is 0.316 e. The van der Waals surface area contributed by atoms with Crippen molar-refractivity contribution >= 4 is 23.5 Å². The lowest BCUT2D eigenvalue weighted by atomic mass is 9.44. The van der Waals surface area contributed by atoms with Crippen LogP contribution in [0.4, 0.5) is 0 Å². The Labute approximate surface area is 263 Å². The van der Waals surface area contributed by atoms with E-state index in [0.29, 0.717) is 32.5 Å². The van der Waals surface area contributed by atoms with Gasteiger partial charge in [-0.3, -0.25) is 9.59 Å². The third-order valence-electron chi connectivity index (χ3n) is 11.4. The first-order chi connectivity index (χ1) is 20.5. The van der Waals surface area contributed by atoms with Crippen LogP contribution in [0.1, 0.15) is 78.2 Å². The van der Waals surface area contributed by atoms with Gasteiger partial charge in [0.15, 0.2) is 0 Å². The summed E-state index contributed by atoms with van der Waals surface area (Å²) in [5.74, 6) is 0.206. The van der Waals surface area contributed by atoms with Gasteiger partial charge in [0.1, 0.15) is 11.9 Å². The Bertz CT molecular complexity index is 1090. The first kappa shape index (κ1) is 34.4. The first-order valence-corrected chi connectivity index (χ1v) is 17.4. The first-order valence-electron chi connectivity index (χ1n) is 16.5. The number of nitrogens with one attached hydrogen (secondary N) is 2. The lowest BCUT2D eigenvalue weighted by Crippen LogP contribution is -2.64. The molecule has 9 heteroatoms. The van der Waals surface area contributed by atoms with Crippen molar-refractivity contribution in [3.63, 3.8) is 0 Å². The molecule has 0 spiro atoms. The van der Waals surface area contributed by atoms with Gasteiger partial charge in [0.05, 0.1) is 11.9 Å². The normalized spacial score (nSPS) is 35.7. The Morgan fingerprint density at radius 1 is 1.07 bits per heavy atom. The third-order valence-corrected chi connectivity index (χ3v) is 12.4. The zero-order chi connectivity index (χ0) is 31.3. The van der Waals surface area contributed by atoms with Crippen molar-refractivity contribution in [3.05, 3.63) is 29.8 Å². The predicted octanol–water partition coefficient (Wildman–Crippen LogP) is 3.88. The fourth-order valence-electron chi connectivity index (χ4n) is 8.63. The highest BCUT2D eigenvalue weighted by atomic mass is 32.2. The van der Waals surface area contributed by atoms with Crippen LogP contribution in [0.2, 0.25) is 0 Å². The second-order valence-electron chi connectivity index (χ2n) is 14.1. The van der Waals surface area contributed by atoms with E-state index in [1.807, 2.05) is 12.1 Å². The molecule has 0 saturated heterocycles. The minimum Gasteiger partial charge on any atom is -0.461 e. The molecule has 1 aromatic carbocycles. The van der Waals surface area contributed by atoms with Gasteiger partial charge in [0, 0.05) is 41.2 Å². The number of ether oxygens (including phenoxy) is 1. The lowest BCUT2D eigenvalue weighted by molar-refractivity contribution is -0.210. The fourth-order valence-corrected chi connectivity index (χ4v) is 9.31. The van der Waals surface area contributed by atoms with Crippen LogP contribution in [0, 0.1) is 34.0 Å². The van der Waals surface area contributed by atoms with Crippen LogP contribution < -0.4 is 22.1 Å². The van der Waals surface area contributed by atoms with E-state index in [0.717, 1.165) is 56.6 Å². The SMILES string of the molecule is C[C@@H]1CC[C@@]23CCC(=O)[C@H]2[C@]1(C)[C@H](OC(=O)CSc1ccc(CNCCCN)cc1)C[C@](C)(CNCCCN)C(O)[C@@H]3C. The van der Waals surface area contributed by atoms with E-state index in [2.05, 4.69) is 50.5 Å². The molecular weight excluding hydrogens is 560 g/mol. The van der Waals surface area contributed by atoms with Gasteiger partial charge < -0.3 is 31.9 Å². The number of esters is 1. The Morgan fingerprint density at radius 3 is 2.42 bits per heavy atom. The van der Waals surface area contributed by atoms with Crippen LogP contribution >= 0.6 is 11.8 Å². The molecule has 0 aliphatic heterocycles. The fraction of sp³-hybridized carbons (Fsp3) is 0.765. The zero-order valence-corrected chi connectivity index (χ0v) is 27.6. The highest BCUT2D eigenvalue weighted by Crippen LogP contribution is 2.67. The molecule has 3 fully saturated rings. The summed E-state index contributed by atoms with van der Waals surface area (Å²) < 4.78 is 6.48. The average Bonchev–Trinajstić information content (AvgIpc) is 3.35. The van der Waals surface area contributed by atoms with Crippen molar-refractivity contribution in [3.8, 4) is 0 Å². The van der Waals surface area contributed by atoms with E-state index in [1.165, 1.54) is 17.3 Å². The Balaban J connectivity index is 1.54. The van der Waals surface area contributed by atoms with Gasteiger partial charge in [0.2, 0.25) is 0 Å². The minimum absolute atomic E-state index is 0.0249. The number of carbonyl (C=O) groups excluding carboxylic acids is 2. The topological polar surface area (TPSA) is 140 Å². The molecule has 0 aromatic heterocycles. The van der Waals surface area contributed by atoms with Crippen molar-refractivity contribution in [1.29, 1.82) is 0 Å². The van der Waals surface area contributed by atoms with E-state index >= 15 is 0 Å². The molecule has 8 atom stereocenters. The number of hydrogen-bond acceptors (Lipinski definition) is 9. The van der Waals surface area contributed by atoms with Crippen molar-refractivity contribution in [1.82, 2.24) is 10.6 Å². The van der Waals surface area contributed by atoms with E-state index in [-0.39, 0.29) is 40.7 Å². The summed E-state index contributed by atoms with van der Waals surface area (Å²) in [7, 11) is 0. The number of hydrogen-bond donors (Lipinski definition) is 5. The van der Waals surface area contributed by atoms with E-state index in [4.69, 9.17) is 16.2 Å². The second kappa shape index (κ2) is 14.7. The van der Waals surface area contributed by atoms with E-state index in [1.54, 1.807) is 0 Å². The molecule has 2 bridgehead atoms. The number of carbonyl (C=O) groups is 2. The Morgan fingerprint density at radius 2 is 1.74 bits per heavy atom. The number of thioether (sulfide) groups is 1. The number of rotatable bonds is 14. The van der Waals surface area contributed by atoms with Crippen LogP contribution in [0.25, 0.3) is 0 Å². The number of aliphatic hydroxyl groups is 1. The molecule has 8 nitrogen and oxygen atoms in total. The van der Waals surface area contributed by atoms with Gasteiger partial charge in [-0.05, 0) is 99.7 Å². The number of Topliss-reactive ketones (excluding diaryl/α,β-unsaturated/α-hetero) is 1. The molecular formula is C34H56N4O4S. The molecule has 3 saturated carbocycles. The van der Waals surface area contributed by atoms with Crippen molar-refractivity contribution < 1.29 is 19.4 Å². The molecule has 7 N–H and O–H groups in total. The highest BCUT2D eigenvalue weighted by molar-refractivity contribution is 8.00. The summed E-state index contributed by atoms with van der Waals surface area (Å²) >= 11 is 1.48. The molecule has 0 radical (unpaired) electrons. The summed E-state index contributed by atoms with van der Waals surface area (Å²) in [5, 5.41) is 18.9. The standard InChI is InChI=1S/C34H56N4O4S/c1-23-11-13-34-14-12-27(39)30(34)33(23,4)28(19-32(3,31(41)24(34)2)22-38-18-6-16-36)42-29(40)21-43-26-9-7-25(8-10-26)20-37-17-5-15-35/h7-10,23-24,28,30-31,37-38,41H,5-6,11-22,35-36H2,1-4H3/t23-,24+,28-,30+,31?,32-,33+,34+/m1/s1. The van der Waals surface area contributed by atoms with Crippen molar-refractivity contribution in [2.45, 2.75) is 96.3 Å². The molecule has 0 heterocycles. The van der Waals surface area contributed by atoms with Crippen LogP contribution in [-0.2, 0) is 20.9 Å². The lowest BCUT2D eigenvalue weighted by Gasteiger charge is -2.62.